The Morgan fingerprint density at radius 1 is 0.536 bits per heavy atom. The minimum atomic E-state index is -1.44. The van der Waals surface area contributed by atoms with E-state index in [4.69, 9.17) is 19.9 Å². The van der Waals surface area contributed by atoms with Crippen LogP contribution in [0.3, 0.4) is 0 Å². The number of aliphatic hydroxyl groups excluding tert-OH is 1. The molecule has 0 saturated carbocycles. The molecule has 466 valence electrons. The quantitative estimate of drug-likeness (QED) is 0.0415. The summed E-state index contributed by atoms with van der Waals surface area (Å²) >= 11 is 0. The van der Waals surface area contributed by atoms with E-state index in [-0.39, 0.29) is 63.8 Å². The number of nitrogens with two attached hydrogens (primary N) is 1. The van der Waals surface area contributed by atoms with Gasteiger partial charge in [0.1, 0.15) is 71.2 Å². The van der Waals surface area contributed by atoms with Crippen LogP contribution in [-0.2, 0) is 79.8 Å². The first kappa shape index (κ1) is 70.8. The summed E-state index contributed by atoms with van der Waals surface area (Å²) in [7, 11) is 0. The van der Waals surface area contributed by atoms with E-state index < -0.39 is 143 Å². The lowest BCUT2D eigenvalue weighted by atomic mass is 10.0. The molecule has 1 saturated heterocycles. The summed E-state index contributed by atoms with van der Waals surface area (Å²) in [6.07, 6.45) is -0.595. The standard InChI is InChI=1S/C60H91N9O15/c1-35(2)31-43(54(78)65-42(27-29-48(72)83-59(8,9)10)53(77)68-45(57(81)84-60(11,12)13)33-39-23-18-15-19-24-39)66-55(79)46-25-20-30-69(46)56(80)44(32-38-21-16-14-17-22-38)67-50(74)37(4)63-52(76)41(26-28-47(71)82-58(5,6)7)64-49(73)36(3)62-51(75)40(61)34-70/h14-19,21-24,35-37,40-46,70H,20,25-34,61H2,1-13H3,(H,62,75)(H,63,76)(H,64,73)(H,65,78)(H,66,79)(H,67,74)(H,68,77). The van der Waals surface area contributed by atoms with Crippen molar-refractivity contribution in [1.82, 2.24) is 42.1 Å². The number of likely N-dealkylation sites (tertiary alicyclic amines) is 1. The summed E-state index contributed by atoms with van der Waals surface area (Å²) in [6.45, 7) is 20.7. The highest BCUT2D eigenvalue weighted by Crippen LogP contribution is 2.22. The molecule has 1 aliphatic heterocycles. The molecule has 10 N–H and O–H groups in total. The minimum absolute atomic E-state index is 0.0383. The van der Waals surface area contributed by atoms with Crippen LogP contribution in [0.4, 0.5) is 0 Å². The van der Waals surface area contributed by atoms with E-state index in [2.05, 4.69) is 37.2 Å². The Balaban J connectivity index is 1.90. The molecule has 0 bridgehead atoms. The Morgan fingerprint density at radius 3 is 1.39 bits per heavy atom. The van der Waals surface area contributed by atoms with Crippen LogP contribution in [0.5, 0.6) is 0 Å². The molecule has 24 heteroatoms. The summed E-state index contributed by atoms with van der Waals surface area (Å²) in [6, 6.07) is 5.90. The number of carbonyl (C=O) groups excluding carboxylic acids is 11. The molecule has 8 amide bonds. The zero-order chi connectivity index (χ0) is 63.3. The molecule has 24 nitrogen and oxygen atoms in total. The predicted molar refractivity (Wildman–Crippen MR) is 310 cm³/mol. The summed E-state index contributed by atoms with van der Waals surface area (Å²) in [5.74, 6) is -8.61. The number of aliphatic hydroxyl groups is 1. The zero-order valence-electron chi connectivity index (χ0n) is 51.0. The number of nitrogens with one attached hydrogen (secondary N) is 7. The van der Waals surface area contributed by atoms with Gasteiger partial charge >= 0.3 is 17.9 Å². The maximum Gasteiger partial charge on any atom is 0.329 e. The molecule has 2 aromatic carbocycles. The molecule has 9 unspecified atom stereocenters. The maximum atomic E-state index is 14.8. The highest BCUT2D eigenvalue weighted by Gasteiger charge is 2.41. The second-order valence-corrected chi connectivity index (χ2v) is 24.5. The fourth-order valence-electron chi connectivity index (χ4n) is 8.77. The molecule has 84 heavy (non-hydrogen) atoms. The highest BCUT2D eigenvalue weighted by molar-refractivity contribution is 5.98. The van der Waals surface area contributed by atoms with E-state index in [0.29, 0.717) is 17.5 Å². The van der Waals surface area contributed by atoms with Gasteiger partial charge in [0, 0.05) is 32.2 Å². The summed E-state index contributed by atoms with van der Waals surface area (Å²) in [4.78, 5) is 152. The molecule has 1 aliphatic rings. The lowest BCUT2D eigenvalue weighted by Gasteiger charge is -2.31. The van der Waals surface area contributed by atoms with E-state index >= 15 is 0 Å². The number of carbonyl (C=O) groups is 11. The molecule has 0 aromatic heterocycles. The third-order valence-electron chi connectivity index (χ3n) is 12.8. The molecule has 3 rings (SSSR count). The molecule has 0 spiro atoms. The van der Waals surface area contributed by atoms with Crippen molar-refractivity contribution in [3.8, 4) is 0 Å². The molecule has 1 heterocycles. The molecular formula is C60H91N9O15. The minimum Gasteiger partial charge on any atom is -0.460 e. The van der Waals surface area contributed by atoms with Crippen molar-refractivity contribution in [3.05, 3.63) is 71.8 Å². The Labute approximate surface area is 493 Å². The number of rotatable bonds is 29. The van der Waals surface area contributed by atoms with Crippen LogP contribution in [0, 0.1) is 5.92 Å². The van der Waals surface area contributed by atoms with Gasteiger partial charge in [-0.05, 0) is 125 Å². The first-order valence-corrected chi connectivity index (χ1v) is 28.6. The molecule has 1 fully saturated rings. The van der Waals surface area contributed by atoms with E-state index in [9.17, 15) is 57.8 Å². The van der Waals surface area contributed by atoms with Crippen LogP contribution in [0.1, 0.15) is 146 Å². The van der Waals surface area contributed by atoms with E-state index in [0.717, 1.165) is 0 Å². The summed E-state index contributed by atoms with van der Waals surface area (Å²) in [5.41, 5.74) is 4.28. The van der Waals surface area contributed by atoms with Crippen molar-refractivity contribution in [1.29, 1.82) is 0 Å². The Kier molecular flexibility index (Phi) is 27.4. The molecule has 0 aliphatic carbocycles. The van der Waals surface area contributed by atoms with E-state index in [1.807, 2.05) is 13.8 Å². The van der Waals surface area contributed by atoms with Crippen molar-refractivity contribution in [2.24, 2.45) is 11.7 Å². The van der Waals surface area contributed by atoms with Crippen LogP contribution in [0.15, 0.2) is 60.7 Å². The van der Waals surface area contributed by atoms with Gasteiger partial charge in [-0.15, -0.1) is 0 Å². The van der Waals surface area contributed by atoms with Gasteiger partial charge in [-0.3, -0.25) is 47.9 Å². The number of hydrogen-bond donors (Lipinski definition) is 9. The molecule has 0 radical (unpaired) electrons. The van der Waals surface area contributed by atoms with E-state index in [1.165, 1.54) is 18.7 Å². The van der Waals surface area contributed by atoms with Crippen molar-refractivity contribution >= 4 is 65.2 Å². The van der Waals surface area contributed by atoms with Crippen LogP contribution in [-0.4, -0.2) is 160 Å². The number of nitrogens with zero attached hydrogens (tertiary/aromatic N) is 1. The van der Waals surface area contributed by atoms with Crippen molar-refractivity contribution in [2.45, 2.75) is 219 Å². The number of amides is 8. The lowest BCUT2D eigenvalue weighted by molar-refractivity contribution is -0.159. The van der Waals surface area contributed by atoms with Gasteiger partial charge in [0.05, 0.1) is 6.61 Å². The fraction of sp³-hybridized carbons (Fsp3) is 0.617. The topological polar surface area (TPSA) is 349 Å². The molecule has 2 aromatic rings. The lowest BCUT2D eigenvalue weighted by Crippen LogP contribution is -2.60. The van der Waals surface area contributed by atoms with Gasteiger partial charge in [0.25, 0.3) is 0 Å². The highest BCUT2D eigenvalue weighted by atomic mass is 16.6. The summed E-state index contributed by atoms with van der Waals surface area (Å²) in [5, 5.41) is 27.6. The van der Waals surface area contributed by atoms with Gasteiger partial charge < -0.3 is 67.2 Å². The average molecular weight is 1180 g/mol. The number of hydrogen-bond acceptors (Lipinski definition) is 16. The van der Waals surface area contributed by atoms with Gasteiger partial charge in [-0.25, -0.2) is 4.79 Å². The first-order chi connectivity index (χ1) is 39.1. The molecule has 9 atom stereocenters. The van der Waals surface area contributed by atoms with Crippen LogP contribution in [0.25, 0.3) is 0 Å². The second-order valence-electron chi connectivity index (χ2n) is 24.5. The van der Waals surface area contributed by atoms with Crippen molar-refractivity contribution < 1.29 is 72.1 Å². The Bertz CT molecular complexity index is 2580. The third kappa shape index (κ3) is 25.6. The smallest absolute Gasteiger partial charge is 0.329 e. The third-order valence-corrected chi connectivity index (χ3v) is 12.8. The number of benzene rings is 2. The van der Waals surface area contributed by atoms with Crippen molar-refractivity contribution in [2.75, 3.05) is 13.2 Å². The van der Waals surface area contributed by atoms with Crippen molar-refractivity contribution in [3.63, 3.8) is 0 Å². The SMILES string of the molecule is CC(C)CC(NC(=O)C1CCCN1C(=O)C(Cc1ccccc1)NC(=O)C(C)NC(=O)C(CCC(=O)OC(C)(C)C)NC(=O)C(C)NC(=O)C(N)CO)C(=O)NC(CCC(=O)OC(C)(C)C)C(=O)NC(Cc1ccccc1)C(=O)OC(C)(C)C. The predicted octanol–water partition coefficient (Wildman–Crippen LogP) is 1.85. The second kappa shape index (κ2) is 32.6. The van der Waals surface area contributed by atoms with E-state index in [1.54, 1.807) is 123 Å². The Morgan fingerprint density at radius 2 is 0.940 bits per heavy atom. The maximum absolute atomic E-state index is 14.8. The van der Waals surface area contributed by atoms with Gasteiger partial charge in [-0.2, -0.15) is 0 Å². The van der Waals surface area contributed by atoms with Gasteiger partial charge in [0.15, 0.2) is 0 Å². The summed E-state index contributed by atoms with van der Waals surface area (Å²) < 4.78 is 16.6. The fourth-order valence-corrected chi connectivity index (χ4v) is 8.77. The van der Waals surface area contributed by atoms with Gasteiger partial charge in [-0.1, -0.05) is 74.5 Å². The number of esters is 3. The van der Waals surface area contributed by atoms with Crippen LogP contribution < -0.4 is 43.0 Å². The largest absolute Gasteiger partial charge is 0.460 e. The van der Waals surface area contributed by atoms with Crippen LogP contribution in [0.2, 0.25) is 0 Å². The normalized spacial score (nSPS) is 16.4. The Hall–Kier alpha value is -7.47. The monoisotopic (exact) mass is 1180 g/mol. The number of ether oxygens (including phenoxy) is 3. The first-order valence-electron chi connectivity index (χ1n) is 28.6. The van der Waals surface area contributed by atoms with Crippen LogP contribution >= 0.6 is 0 Å². The molecular weight excluding hydrogens is 1090 g/mol. The van der Waals surface area contributed by atoms with Gasteiger partial charge in [0.2, 0.25) is 47.3 Å². The average Bonchev–Trinajstić information content (AvgIpc) is 4.14. The zero-order valence-corrected chi connectivity index (χ0v) is 51.0.